The highest BCUT2D eigenvalue weighted by molar-refractivity contribution is 5.76. The molecule has 0 saturated carbocycles. The minimum Gasteiger partial charge on any atom is -0.506 e. The maximum atomic E-state index is 11.9. The first-order valence-electron chi connectivity index (χ1n) is 14.1. The number of azo groups is 1. The molecule has 0 spiro atoms. The zero-order valence-electron chi connectivity index (χ0n) is 22.7. The van der Waals surface area contributed by atoms with Gasteiger partial charge >= 0.3 is 5.97 Å². The van der Waals surface area contributed by atoms with Crippen LogP contribution in [-0.4, -0.2) is 21.1 Å². The number of aliphatic carboxylic acids is 1. The van der Waals surface area contributed by atoms with Crippen molar-refractivity contribution in [2.45, 2.75) is 109 Å². The van der Waals surface area contributed by atoms with Crippen LogP contribution >= 0.6 is 0 Å². The first-order valence-corrected chi connectivity index (χ1v) is 14.1. The Kier molecular flexibility index (Phi) is 14.7. The summed E-state index contributed by atoms with van der Waals surface area (Å²) in [6, 6.07) is 10.2. The minimum atomic E-state index is -0.903. The number of nitro benzene ring substituents is 1. The molecule has 0 amide bonds. The molecule has 38 heavy (non-hydrogen) atoms. The molecule has 0 aromatic heterocycles. The zero-order chi connectivity index (χ0) is 27.6. The molecular weight excluding hydrogens is 482 g/mol. The van der Waals surface area contributed by atoms with Gasteiger partial charge in [-0.15, -0.1) is 5.11 Å². The molecule has 8 nitrogen and oxygen atoms in total. The lowest BCUT2D eigenvalue weighted by Gasteiger charge is -2.13. The van der Waals surface area contributed by atoms with Crippen LogP contribution in [0.4, 0.5) is 17.1 Å². The van der Waals surface area contributed by atoms with Crippen LogP contribution in [0.2, 0.25) is 0 Å². The average Bonchev–Trinajstić information content (AvgIpc) is 2.90. The smallest absolute Gasteiger partial charge is 0.310 e. The van der Waals surface area contributed by atoms with E-state index in [-0.39, 0.29) is 17.1 Å². The molecule has 0 radical (unpaired) electrons. The van der Waals surface area contributed by atoms with Crippen molar-refractivity contribution in [3.63, 3.8) is 0 Å². The van der Waals surface area contributed by atoms with E-state index in [9.17, 15) is 25.1 Å². The first-order chi connectivity index (χ1) is 18.4. The minimum absolute atomic E-state index is 0.0466. The van der Waals surface area contributed by atoms with Crippen molar-refractivity contribution in [1.82, 2.24) is 0 Å². The Morgan fingerprint density at radius 2 is 1.34 bits per heavy atom. The number of non-ortho nitro benzene ring substituents is 1. The van der Waals surface area contributed by atoms with Crippen LogP contribution in [0.1, 0.15) is 115 Å². The fourth-order valence-corrected chi connectivity index (χ4v) is 4.57. The van der Waals surface area contributed by atoms with E-state index < -0.39 is 16.8 Å². The molecule has 208 valence electrons. The molecule has 0 aliphatic heterocycles. The summed E-state index contributed by atoms with van der Waals surface area (Å²) in [4.78, 5) is 22.1. The molecular formula is C30H43N3O5. The number of carbonyl (C=O) groups is 1. The molecule has 2 aromatic carbocycles. The lowest BCUT2D eigenvalue weighted by atomic mass is 9.92. The number of aromatic hydroxyl groups is 1. The number of phenols is 1. The van der Waals surface area contributed by atoms with Gasteiger partial charge in [-0.2, -0.15) is 5.11 Å². The Balaban J connectivity index is 1.70. The lowest BCUT2D eigenvalue weighted by Crippen LogP contribution is -2.11. The van der Waals surface area contributed by atoms with E-state index in [4.69, 9.17) is 0 Å². The fraction of sp³-hybridized carbons (Fsp3) is 0.567. The van der Waals surface area contributed by atoms with Crippen molar-refractivity contribution in [2.75, 3.05) is 0 Å². The number of carboxylic acid groups (broad SMARTS) is 1. The Bertz CT molecular complexity index is 1010. The average molecular weight is 526 g/mol. The second kappa shape index (κ2) is 18.0. The summed E-state index contributed by atoms with van der Waals surface area (Å²) in [5, 5.41) is 38.8. The molecule has 1 unspecified atom stereocenters. The van der Waals surface area contributed by atoms with Gasteiger partial charge in [0, 0.05) is 12.1 Å². The summed E-state index contributed by atoms with van der Waals surface area (Å²) in [5.41, 5.74) is 1.10. The number of hydrogen-bond donors (Lipinski definition) is 2. The molecule has 1 atom stereocenters. The predicted molar refractivity (Wildman–Crippen MR) is 151 cm³/mol. The molecule has 0 aliphatic carbocycles. The molecule has 2 rings (SSSR count). The Morgan fingerprint density at radius 3 is 1.82 bits per heavy atom. The van der Waals surface area contributed by atoms with Gasteiger partial charge in [-0.1, -0.05) is 103 Å². The van der Waals surface area contributed by atoms with Gasteiger partial charge in [0.15, 0.2) is 0 Å². The summed E-state index contributed by atoms with van der Waals surface area (Å²) < 4.78 is 0. The normalized spacial score (nSPS) is 12.1. The quantitative estimate of drug-likeness (QED) is 0.0770. The molecule has 8 heteroatoms. The van der Waals surface area contributed by atoms with Crippen molar-refractivity contribution in [2.24, 2.45) is 10.2 Å². The monoisotopic (exact) mass is 525 g/mol. The molecule has 2 aromatic rings. The number of phenolic OH excluding ortho intramolecular Hbond substituents is 1. The van der Waals surface area contributed by atoms with E-state index in [1.807, 2.05) is 0 Å². The summed E-state index contributed by atoms with van der Waals surface area (Å²) in [6.07, 6.45) is 18.0. The van der Waals surface area contributed by atoms with Crippen LogP contribution in [0.3, 0.4) is 0 Å². The van der Waals surface area contributed by atoms with Gasteiger partial charge in [-0.3, -0.25) is 14.9 Å². The highest BCUT2D eigenvalue weighted by atomic mass is 16.6. The van der Waals surface area contributed by atoms with E-state index in [0.29, 0.717) is 17.7 Å². The summed E-state index contributed by atoms with van der Waals surface area (Å²) in [7, 11) is 0. The third kappa shape index (κ3) is 11.8. The molecule has 0 fully saturated rings. The summed E-state index contributed by atoms with van der Waals surface area (Å²) >= 11 is 0. The number of nitrogens with zero attached hydrogens (tertiary/aromatic N) is 3. The van der Waals surface area contributed by atoms with Gasteiger partial charge in [0.2, 0.25) is 0 Å². The lowest BCUT2D eigenvalue weighted by molar-refractivity contribution is -0.384. The number of unbranched alkanes of at least 4 members (excludes halogenated alkanes) is 13. The SMILES string of the molecule is CCCCCCCCCCCCCCCCC(C(=O)O)c1ccc(N=Nc2ccc([N+](=O)[O-])cc2)c(O)c1. The highest BCUT2D eigenvalue weighted by Crippen LogP contribution is 2.33. The molecule has 0 heterocycles. The Morgan fingerprint density at radius 1 is 0.816 bits per heavy atom. The van der Waals surface area contributed by atoms with Crippen LogP contribution in [0.15, 0.2) is 52.7 Å². The van der Waals surface area contributed by atoms with Gasteiger partial charge in [0.25, 0.3) is 5.69 Å². The number of carboxylic acids is 1. The zero-order valence-corrected chi connectivity index (χ0v) is 22.7. The standard InChI is InChI=1S/C30H43N3O5/c1-2-3-4-5-6-7-8-9-10-11-12-13-14-15-16-27(30(35)36)24-17-22-28(29(34)23-24)32-31-25-18-20-26(21-19-25)33(37)38/h17-23,27,34H,2-16H2,1H3,(H,35,36). The maximum Gasteiger partial charge on any atom is 0.310 e. The van der Waals surface area contributed by atoms with Crippen LogP contribution in [0.5, 0.6) is 5.75 Å². The third-order valence-electron chi connectivity index (χ3n) is 6.88. The van der Waals surface area contributed by atoms with Crippen LogP contribution < -0.4 is 0 Å². The Labute approximate surface area is 226 Å². The van der Waals surface area contributed by atoms with Crippen LogP contribution in [-0.2, 0) is 4.79 Å². The summed E-state index contributed by atoms with van der Waals surface area (Å²) in [6.45, 7) is 2.25. The molecule has 0 aliphatic rings. The van der Waals surface area contributed by atoms with E-state index in [0.717, 1.165) is 19.3 Å². The first kappa shape index (κ1) is 30.9. The van der Waals surface area contributed by atoms with Crippen LogP contribution in [0, 0.1) is 10.1 Å². The van der Waals surface area contributed by atoms with Gasteiger partial charge in [0.05, 0.1) is 16.5 Å². The van der Waals surface area contributed by atoms with Gasteiger partial charge in [0.1, 0.15) is 11.4 Å². The maximum absolute atomic E-state index is 11.9. The Hall–Kier alpha value is -3.29. The molecule has 0 bridgehead atoms. The largest absolute Gasteiger partial charge is 0.506 e. The van der Waals surface area contributed by atoms with E-state index >= 15 is 0 Å². The number of nitro groups is 1. The topological polar surface area (TPSA) is 125 Å². The van der Waals surface area contributed by atoms with Crippen molar-refractivity contribution in [1.29, 1.82) is 0 Å². The van der Waals surface area contributed by atoms with E-state index in [2.05, 4.69) is 17.2 Å². The van der Waals surface area contributed by atoms with Crippen molar-refractivity contribution < 1.29 is 19.9 Å². The van der Waals surface area contributed by atoms with Gasteiger partial charge in [-0.05, 0) is 36.2 Å². The number of rotatable bonds is 20. The number of benzene rings is 2. The third-order valence-corrected chi connectivity index (χ3v) is 6.88. The second-order valence-electron chi connectivity index (χ2n) is 10.00. The summed E-state index contributed by atoms with van der Waals surface area (Å²) in [5.74, 6) is -1.74. The van der Waals surface area contributed by atoms with Crippen LogP contribution in [0.25, 0.3) is 0 Å². The molecule has 0 saturated heterocycles. The van der Waals surface area contributed by atoms with Gasteiger partial charge in [-0.25, -0.2) is 0 Å². The van der Waals surface area contributed by atoms with Crippen molar-refractivity contribution >= 4 is 23.0 Å². The highest BCUT2D eigenvalue weighted by Gasteiger charge is 2.20. The van der Waals surface area contributed by atoms with E-state index in [1.165, 1.54) is 101 Å². The van der Waals surface area contributed by atoms with Gasteiger partial charge < -0.3 is 10.2 Å². The fourth-order valence-electron chi connectivity index (χ4n) is 4.57. The van der Waals surface area contributed by atoms with Crippen molar-refractivity contribution in [3.8, 4) is 5.75 Å². The number of hydrogen-bond acceptors (Lipinski definition) is 6. The second-order valence-corrected chi connectivity index (χ2v) is 10.00. The predicted octanol–water partition coefficient (Wildman–Crippen LogP) is 9.76. The van der Waals surface area contributed by atoms with E-state index in [1.54, 1.807) is 12.1 Å². The molecule has 2 N–H and O–H groups in total. The van der Waals surface area contributed by atoms with Crippen molar-refractivity contribution in [3.05, 3.63) is 58.1 Å².